The van der Waals surface area contributed by atoms with Crippen molar-refractivity contribution < 1.29 is 9.53 Å². The molecule has 0 bridgehead atoms. The van der Waals surface area contributed by atoms with Crippen LogP contribution in [0.25, 0.3) is 0 Å². The first-order valence-electron chi connectivity index (χ1n) is 7.19. The summed E-state index contributed by atoms with van der Waals surface area (Å²) in [6.07, 6.45) is 3.12. The number of ether oxygens (including phenoxy) is 1. The first-order valence-corrected chi connectivity index (χ1v) is 7.19. The average molecular weight is 254 g/mol. The van der Waals surface area contributed by atoms with Crippen LogP contribution in [0.1, 0.15) is 43.7 Å². The zero-order valence-electron chi connectivity index (χ0n) is 11.6. The summed E-state index contributed by atoms with van der Waals surface area (Å²) in [4.78, 5) is 12.1. The van der Waals surface area contributed by atoms with Crippen LogP contribution in [-0.2, 0) is 16.0 Å². The maximum absolute atomic E-state index is 12.1. The first-order chi connectivity index (χ1) is 9.10. The van der Waals surface area contributed by atoms with Crippen molar-refractivity contribution in [1.82, 2.24) is 0 Å². The van der Waals surface area contributed by atoms with E-state index in [2.05, 4.69) is 13.8 Å². The molecule has 98 valence electrons. The zero-order chi connectivity index (χ0) is 13.6. The molecule has 1 aromatic rings. The van der Waals surface area contributed by atoms with Gasteiger partial charge in [-0.25, -0.2) is 0 Å². The van der Waals surface area contributed by atoms with Crippen LogP contribution in [0.5, 0.6) is 0 Å². The van der Waals surface area contributed by atoms with E-state index < -0.39 is 0 Å². The number of carbonyl (C=O) groups excluding carboxylic acids is 1. The lowest BCUT2D eigenvalue weighted by Gasteiger charge is -2.19. The van der Waals surface area contributed by atoms with Crippen molar-refractivity contribution in [2.24, 2.45) is 11.8 Å². The molecule has 1 saturated heterocycles. The molecule has 1 fully saturated rings. The van der Waals surface area contributed by atoms with Crippen molar-refractivity contribution in [3.8, 4) is 0 Å². The first kappa shape index (κ1) is 12.8. The Bertz CT molecular complexity index is 511. The van der Waals surface area contributed by atoms with Gasteiger partial charge < -0.3 is 4.74 Å². The summed E-state index contributed by atoms with van der Waals surface area (Å²) in [6, 6.07) is 5.90. The molecule has 1 aromatic carbocycles. The third kappa shape index (κ3) is 2.09. The number of benzene rings is 1. The normalized spacial score (nSPS) is 29.8. The maximum atomic E-state index is 12.1. The van der Waals surface area contributed by atoms with Gasteiger partial charge in [-0.1, -0.05) is 43.9 Å². The van der Waals surface area contributed by atoms with Crippen molar-refractivity contribution in [3.63, 3.8) is 0 Å². The van der Waals surface area contributed by atoms with Crippen molar-refractivity contribution >= 4 is 19.3 Å². The topological polar surface area (TPSA) is 26.3 Å². The van der Waals surface area contributed by atoms with Gasteiger partial charge in [0.25, 0.3) is 0 Å². The number of carbonyl (C=O) groups is 1. The molecule has 1 aliphatic carbocycles. The number of hydrogen-bond acceptors (Lipinski definition) is 2. The fraction of sp³-hybridized carbons (Fsp3) is 0.562. The van der Waals surface area contributed by atoms with Crippen LogP contribution in [-0.4, -0.2) is 19.9 Å². The molecular weight excluding hydrogens is 235 g/mol. The van der Waals surface area contributed by atoms with Crippen LogP contribution in [0.3, 0.4) is 0 Å². The molecule has 3 heteroatoms. The fourth-order valence-electron chi connectivity index (χ4n) is 3.45. The Balaban J connectivity index is 1.86. The van der Waals surface area contributed by atoms with Crippen LogP contribution in [0, 0.1) is 11.8 Å². The second kappa shape index (κ2) is 4.70. The highest BCUT2D eigenvalue weighted by Gasteiger charge is 2.49. The van der Waals surface area contributed by atoms with Gasteiger partial charge >= 0.3 is 5.97 Å². The van der Waals surface area contributed by atoms with E-state index in [-0.39, 0.29) is 18.0 Å². The summed E-state index contributed by atoms with van der Waals surface area (Å²) in [5.74, 6) is 0.829. The number of rotatable bonds is 3. The Labute approximate surface area is 115 Å². The lowest BCUT2D eigenvalue weighted by atomic mass is 9.86. The lowest BCUT2D eigenvalue weighted by Crippen LogP contribution is -2.20. The van der Waals surface area contributed by atoms with Crippen molar-refractivity contribution in [2.45, 2.75) is 45.1 Å². The molecule has 0 N–H and O–H groups in total. The largest absolute Gasteiger partial charge is 0.462 e. The summed E-state index contributed by atoms with van der Waals surface area (Å²) in [7, 11) is 5.84. The van der Waals surface area contributed by atoms with E-state index in [1.54, 1.807) is 0 Å². The standard InChI is InChI=1S/C16H19BO2/c1-3-9(2)6-14-13-8-10-7-11(17)4-5-12(10)15(13)16(18)19-14/h4-5,7,9,13-15H,3,6,8H2,1-2H3. The third-order valence-electron chi connectivity index (χ3n) is 4.72. The van der Waals surface area contributed by atoms with E-state index in [4.69, 9.17) is 12.6 Å². The van der Waals surface area contributed by atoms with E-state index in [1.165, 1.54) is 5.56 Å². The van der Waals surface area contributed by atoms with Gasteiger partial charge in [0.1, 0.15) is 14.0 Å². The van der Waals surface area contributed by atoms with Crippen LogP contribution < -0.4 is 5.46 Å². The van der Waals surface area contributed by atoms with Crippen LogP contribution >= 0.6 is 0 Å². The number of hydrogen-bond donors (Lipinski definition) is 0. The number of esters is 1. The average Bonchev–Trinajstić information content (AvgIpc) is 2.88. The minimum atomic E-state index is -0.0512. The van der Waals surface area contributed by atoms with E-state index in [9.17, 15) is 4.79 Å². The Morgan fingerprint density at radius 2 is 2.26 bits per heavy atom. The molecular formula is C16H19BO2. The van der Waals surface area contributed by atoms with Crippen LogP contribution in [0.2, 0.25) is 0 Å². The number of cyclic esters (lactones) is 1. The predicted molar refractivity (Wildman–Crippen MR) is 75.7 cm³/mol. The fourth-order valence-corrected chi connectivity index (χ4v) is 3.45. The predicted octanol–water partition coefficient (Wildman–Crippen LogP) is 2.10. The number of fused-ring (bicyclic) bond motifs is 3. The van der Waals surface area contributed by atoms with E-state index >= 15 is 0 Å². The van der Waals surface area contributed by atoms with Gasteiger partial charge in [0.15, 0.2) is 0 Å². The Morgan fingerprint density at radius 1 is 1.47 bits per heavy atom. The maximum Gasteiger partial charge on any atom is 0.314 e. The molecule has 2 radical (unpaired) electrons. The SMILES string of the molecule is [B]c1ccc2c(c1)CC1C(CC(C)CC)OC(=O)C21. The monoisotopic (exact) mass is 254 g/mol. The zero-order valence-corrected chi connectivity index (χ0v) is 11.6. The molecule has 1 aliphatic heterocycles. The summed E-state index contributed by atoms with van der Waals surface area (Å²) in [5, 5.41) is 0. The second-order valence-electron chi connectivity index (χ2n) is 6.03. The minimum Gasteiger partial charge on any atom is -0.462 e. The molecule has 4 atom stereocenters. The Kier molecular flexibility index (Phi) is 3.16. The van der Waals surface area contributed by atoms with E-state index in [0.717, 1.165) is 30.3 Å². The second-order valence-corrected chi connectivity index (χ2v) is 6.03. The van der Waals surface area contributed by atoms with Gasteiger partial charge in [-0.05, 0) is 29.9 Å². The molecule has 0 amide bonds. The van der Waals surface area contributed by atoms with Crippen molar-refractivity contribution in [3.05, 3.63) is 29.3 Å². The van der Waals surface area contributed by atoms with Gasteiger partial charge in [0, 0.05) is 5.92 Å². The van der Waals surface area contributed by atoms with Crippen molar-refractivity contribution in [2.75, 3.05) is 0 Å². The highest BCUT2D eigenvalue weighted by Crippen LogP contribution is 2.47. The molecule has 3 rings (SSSR count). The van der Waals surface area contributed by atoms with Gasteiger partial charge in [-0.3, -0.25) is 4.79 Å². The summed E-state index contributed by atoms with van der Waals surface area (Å²) >= 11 is 0. The molecule has 1 heterocycles. The third-order valence-corrected chi connectivity index (χ3v) is 4.72. The lowest BCUT2D eigenvalue weighted by molar-refractivity contribution is -0.143. The summed E-state index contributed by atoms with van der Waals surface area (Å²) in [5.41, 5.74) is 3.15. The summed E-state index contributed by atoms with van der Waals surface area (Å²) < 4.78 is 5.62. The Morgan fingerprint density at radius 3 is 3.00 bits per heavy atom. The van der Waals surface area contributed by atoms with Gasteiger partial charge in [0.2, 0.25) is 0 Å². The highest BCUT2D eigenvalue weighted by atomic mass is 16.6. The van der Waals surface area contributed by atoms with E-state index in [0.29, 0.717) is 11.8 Å². The Hall–Kier alpha value is -1.25. The molecule has 0 spiro atoms. The summed E-state index contributed by atoms with van der Waals surface area (Å²) in [6.45, 7) is 4.41. The highest BCUT2D eigenvalue weighted by molar-refractivity contribution is 6.32. The molecule has 0 aromatic heterocycles. The minimum absolute atomic E-state index is 0.0400. The van der Waals surface area contributed by atoms with Gasteiger partial charge in [0.05, 0.1) is 5.92 Å². The molecule has 2 nitrogen and oxygen atoms in total. The van der Waals surface area contributed by atoms with Crippen LogP contribution in [0.15, 0.2) is 18.2 Å². The molecule has 2 aliphatic rings. The smallest absolute Gasteiger partial charge is 0.314 e. The quantitative estimate of drug-likeness (QED) is 0.610. The molecule has 0 saturated carbocycles. The molecule has 4 unspecified atom stereocenters. The van der Waals surface area contributed by atoms with Gasteiger partial charge in [-0.2, -0.15) is 0 Å². The van der Waals surface area contributed by atoms with Gasteiger partial charge in [-0.15, -0.1) is 0 Å². The van der Waals surface area contributed by atoms with Crippen molar-refractivity contribution in [1.29, 1.82) is 0 Å². The molecule has 19 heavy (non-hydrogen) atoms. The van der Waals surface area contributed by atoms with Crippen LogP contribution in [0.4, 0.5) is 0 Å². The van der Waals surface area contributed by atoms with E-state index in [1.807, 2.05) is 18.2 Å².